The van der Waals surface area contributed by atoms with Gasteiger partial charge in [-0.25, -0.2) is 4.39 Å². The molecule has 0 bridgehead atoms. The number of halogens is 3. The van der Waals surface area contributed by atoms with Gasteiger partial charge in [-0.05, 0) is 31.0 Å². The van der Waals surface area contributed by atoms with E-state index in [1.807, 2.05) is 0 Å². The molecular weight excluding hydrogens is 260 g/mol. The third-order valence-corrected chi connectivity index (χ3v) is 4.18. The van der Waals surface area contributed by atoms with E-state index in [0.717, 1.165) is 19.5 Å². The highest BCUT2D eigenvalue weighted by molar-refractivity contribution is 6.30. The third kappa shape index (κ3) is 3.34. The van der Waals surface area contributed by atoms with Crippen molar-refractivity contribution in [1.82, 2.24) is 4.90 Å². The summed E-state index contributed by atoms with van der Waals surface area (Å²) in [6, 6.07) is 4.86. The normalized spacial score (nSPS) is 26.1. The minimum atomic E-state index is -0.224. The van der Waals surface area contributed by atoms with Gasteiger partial charge in [0.1, 0.15) is 5.82 Å². The number of alkyl halides is 1. The summed E-state index contributed by atoms with van der Waals surface area (Å²) >= 11 is 11.9. The lowest BCUT2D eigenvalue weighted by molar-refractivity contribution is 0.178. The zero-order chi connectivity index (χ0) is 12.4. The molecule has 1 fully saturated rings. The summed E-state index contributed by atoms with van der Waals surface area (Å²) in [5, 5.41) is 0.695. The first-order valence-corrected chi connectivity index (χ1v) is 6.68. The second-order valence-electron chi connectivity index (χ2n) is 4.75. The fourth-order valence-electron chi connectivity index (χ4n) is 2.24. The Kier molecular flexibility index (Phi) is 4.29. The van der Waals surface area contributed by atoms with Crippen molar-refractivity contribution < 1.29 is 4.39 Å². The Hall–Kier alpha value is -0.310. The van der Waals surface area contributed by atoms with Gasteiger partial charge in [0.25, 0.3) is 0 Å². The molecule has 0 amide bonds. The summed E-state index contributed by atoms with van der Waals surface area (Å²) in [6.07, 6.45) is 0.970. The molecule has 1 aromatic carbocycles. The van der Waals surface area contributed by atoms with Gasteiger partial charge in [0.2, 0.25) is 0 Å². The van der Waals surface area contributed by atoms with Crippen molar-refractivity contribution in [1.29, 1.82) is 0 Å². The molecule has 1 nitrogen and oxygen atoms in total. The average Bonchev–Trinajstić information content (AvgIpc) is 2.27. The second-order valence-corrected chi connectivity index (χ2v) is 5.75. The fraction of sp³-hybridized carbons (Fsp3) is 0.538. The van der Waals surface area contributed by atoms with Crippen LogP contribution in [-0.2, 0) is 6.54 Å². The number of benzene rings is 1. The largest absolute Gasteiger partial charge is 0.299 e. The van der Waals surface area contributed by atoms with Gasteiger partial charge in [0, 0.05) is 29.1 Å². The summed E-state index contributed by atoms with van der Waals surface area (Å²) in [7, 11) is 0. The highest BCUT2D eigenvalue weighted by Crippen LogP contribution is 2.24. The smallest absolute Gasteiger partial charge is 0.129 e. The van der Waals surface area contributed by atoms with Crippen LogP contribution in [0.3, 0.4) is 0 Å². The van der Waals surface area contributed by atoms with Gasteiger partial charge in [-0.15, -0.1) is 11.6 Å². The Morgan fingerprint density at radius 1 is 1.47 bits per heavy atom. The highest BCUT2D eigenvalue weighted by atomic mass is 35.5. The summed E-state index contributed by atoms with van der Waals surface area (Å²) in [4.78, 5) is 2.25. The van der Waals surface area contributed by atoms with Crippen molar-refractivity contribution in [2.45, 2.75) is 25.3 Å². The van der Waals surface area contributed by atoms with E-state index in [1.54, 1.807) is 12.1 Å². The molecule has 0 spiro atoms. The summed E-state index contributed by atoms with van der Waals surface area (Å²) in [6.45, 7) is 4.63. The Bertz CT molecular complexity index is 397. The molecule has 1 aliphatic rings. The second kappa shape index (κ2) is 5.55. The maximum absolute atomic E-state index is 13.6. The van der Waals surface area contributed by atoms with Crippen molar-refractivity contribution >= 4 is 23.2 Å². The van der Waals surface area contributed by atoms with E-state index < -0.39 is 0 Å². The predicted molar refractivity (Wildman–Crippen MR) is 70.1 cm³/mol. The molecule has 0 N–H and O–H groups in total. The third-order valence-electron chi connectivity index (χ3n) is 3.29. The van der Waals surface area contributed by atoms with Crippen molar-refractivity contribution in [2.75, 3.05) is 13.1 Å². The quantitative estimate of drug-likeness (QED) is 0.740. The van der Waals surface area contributed by atoms with E-state index in [9.17, 15) is 4.39 Å². The molecule has 94 valence electrons. The van der Waals surface area contributed by atoms with Crippen LogP contribution >= 0.6 is 23.2 Å². The molecule has 17 heavy (non-hydrogen) atoms. The van der Waals surface area contributed by atoms with E-state index in [4.69, 9.17) is 23.2 Å². The molecular formula is C13H16Cl2FN. The van der Waals surface area contributed by atoms with Crippen LogP contribution in [0.15, 0.2) is 18.2 Å². The number of nitrogens with zero attached hydrogens (tertiary/aromatic N) is 1. The van der Waals surface area contributed by atoms with Gasteiger partial charge in [-0.2, -0.15) is 0 Å². The Morgan fingerprint density at radius 2 is 2.24 bits per heavy atom. The Labute approximate surface area is 112 Å². The molecule has 4 heteroatoms. The average molecular weight is 276 g/mol. The SMILES string of the molecule is CC1CN(Cc2ccc(Cl)cc2F)CCC1Cl. The molecule has 0 radical (unpaired) electrons. The van der Waals surface area contributed by atoms with E-state index in [1.165, 1.54) is 6.07 Å². The Morgan fingerprint density at radius 3 is 2.88 bits per heavy atom. The zero-order valence-electron chi connectivity index (χ0n) is 9.80. The number of piperidine rings is 1. The van der Waals surface area contributed by atoms with E-state index in [0.29, 0.717) is 23.0 Å². The van der Waals surface area contributed by atoms with Crippen molar-refractivity contribution in [3.8, 4) is 0 Å². The van der Waals surface area contributed by atoms with Crippen LogP contribution in [0.25, 0.3) is 0 Å². The van der Waals surface area contributed by atoms with Crippen LogP contribution in [0.2, 0.25) is 5.02 Å². The first-order valence-electron chi connectivity index (χ1n) is 5.86. The molecule has 1 saturated heterocycles. The van der Waals surface area contributed by atoms with Gasteiger partial charge in [0.15, 0.2) is 0 Å². The Balaban J connectivity index is 2.01. The topological polar surface area (TPSA) is 3.24 Å². The standard InChI is InChI=1S/C13H16Cl2FN/c1-9-7-17(5-4-12(9)15)8-10-2-3-11(14)6-13(10)16/h2-3,6,9,12H,4-5,7-8H2,1H3. The minimum absolute atomic E-state index is 0.224. The molecule has 0 aromatic heterocycles. The fourth-order valence-corrected chi connectivity index (χ4v) is 2.57. The van der Waals surface area contributed by atoms with Gasteiger partial charge < -0.3 is 0 Å². The van der Waals surface area contributed by atoms with Crippen LogP contribution in [0, 0.1) is 11.7 Å². The lowest BCUT2D eigenvalue weighted by Gasteiger charge is -2.34. The molecule has 1 aromatic rings. The van der Waals surface area contributed by atoms with Gasteiger partial charge in [-0.3, -0.25) is 4.90 Å². The first kappa shape index (κ1) is 13.1. The van der Waals surface area contributed by atoms with E-state index in [-0.39, 0.29) is 11.2 Å². The van der Waals surface area contributed by atoms with Crippen molar-refractivity contribution in [3.05, 3.63) is 34.6 Å². The summed E-state index contributed by atoms with van der Waals surface area (Å²) < 4.78 is 13.6. The van der Waals surface area contributed by atoms with Crippen LogP contribution in [-0.4, -0.2) is 23.4 Å². The molecule has 0 aliphatic carbocycles. The van der Waals surface area contributed by atoms with Crippen molar-refractivity contribution in [2.24, 2.45) is 5.92 Å². The maximum atomic E-state index is 13.6. The molecule has 2 unspecified atom stereocenters. The number of likely N-dealkylation sites (tertiary alicyclic amines) is 1. The summed E-state index contributed by atoms with van der Waals surface area (Å²) in [5.74, 6) is 0.235. The van der Waals surface area contributed by atoms with Crippen LogP contribution in [0.4, 0.5) is 4.39 Å². The van der Waals surface area contributed by atoms with Gasteiger partial charge in [-0.1, -0.05) is 24.6 Å². The first-order chi connectivity index (χ1) is 8.06. The van der Waals surface area contributed by atoms with Crippen LogP contribution < -0.4 is 0 Å². The van der Waals surface area contributed by atoms with Crippen LogP contribution in [0.5, 0.6) is 0 Å². The predicted octanol–water partition coefficient (Wildman–Crippen LogP) is 3.93. The van der Waals surface area contributed by atoms with E-state index >= 15 is 0 Å². The lowest BCUT2D eigenvalue weighted by Crippen LogP contribution is -2.39. The number of rotatable bonds is 2. The number of hydrogen-bond donors (Lipinski definition) is 0. The highest BCUT2D eigenvalue weighted by Gasteiger charge is 2.24. The lowest BCUT2D eigenvalue weighted by atomic mass is 9.99. The molecule has 0 saturated carbocycles. The molecule has 2 rings (SSSR count). The minimum Gasteiger partial charge on any atom is -0.299 e. The molecule has 1 aliphatic heterocycles. The van der Waals surface area contributed by atoms with E-state index in [2.05, 4.69) is 11.8 Å². The van der Waals surface area contributed by atoms with Gasteiger partial charge in [0.05, 0.1) is 0 Å². The molecule has 2 atom stereocenters. The monoisotopic (exact) mass is 275 g/mol. The maximum Gasteiger partial charge on any atom is 0.129 e. The summed E-state index contributed by atoms with van der Waals surface area (Å²) in [5.41, 5.74) is 0.703. The zero-order valence-corrected chi connectivity index (χ0v) is 11.3. The van der Waals surface area contributed by atoms with Gasteiger partial charge >= 0.3 is 0 Å². The number of hydrogen-bond acceptors (Lipinski definition) is 1. The van der Waals surface area contributed by atoms with Crippen molar-refractivity contribution in [3.63, 3.8) is 0 Å². The molecule has 1 heterocycles. The van der Waals surface area contributed by atoms with Crippen LogP contribution in [0.1, 0.15) is 18.9 Å².